The van der Waals surface area contributed by atoms with Crippen LogP contribution < -0.4 is 10.9 Å². The molecule has 0 spiro atoms. The second-order valence-electron chi connectivity index (χ2n) is 5.51. The van der Waals surface area contributed by atoms with Gasteiger partial charge in [-0.3, -0.25) is 4.79 Å². The van der Waals surface area contributed by atoms with Crippen molar-refractivity contribution in [3.63, 3.8) is 0 Å². The molecule has 11 heteroatoms. The van der Waals surface area contributed by atoms with Gasteiger partial charge < -0.3 is 20.5 Å². The number of rotatable bonds is 7. The number of aliphatic hydroxyl groups is 2. The number of aliphatic hydroxyl groups excluding tert-OH is 2. The molecule has 0 saturated heterocycles. The molecular formula is C16H15ClFN5O3S. The van der Waals surface area contributed by atoms with Crippen molar-refractivity contribution in [3.8, 4) is 0 Å². The minimum Gasteiger partial charge on any atom is -0.394 e. The summed E-state index contributed by atoms with van der Waals surface area (Å²) in [5.41, 5.74) is 0.405. The van der Waals surface area contributed by atoms with Gasteiger partial charge in [-0.1, -0.05) is 35.5 Å². The van der Waals surface area contributed by atoms with Gasteiger partial charge in [0.25, 0.3) is 5.56 Å². The van der Waals surface area contributed by atoms with Crippen molar-refractivity contribution >= 4 is 40.3 Å². The van der Waals surface area contributed by atoms with Crippen LogP contribution in [0.15, 0.2) is 34.3 Å². The Morgan fingerprint density at radius 1 is 1.30 bits per heavy atom. The molecule has 3 aromatic rings. The van der Waals surface area contributed by atoms with Gasteiger partial charge in [0.15, 0.2) is 16.6 Å². The van der Waals surface area contributed by atoms with Gasteiger partial charge in [0.1, 0.15) is 11.3 Å². The third-order valence-electron chi connectivity index (χ3n) is 3.59. The van der Waals surface area contributed by atoms with Gasteiger partial charge >= 0.3 is 0 Å². The Hall–Kier alpha value is -2.27. The second kappa shape index (κ2) is 8.61. The molecule has 0 amide bonds. The molecule has 142 valence electrons. The normalized spacial score (nSPS) is 11.3. The van der Waals surface area contributed by atoms with Gasteiger partial charge in [0.05, 0.1) is 30.5 Å². The van der Waals surface area contributed by atoms with Gasteiger partial charge in [0, 0.05) is 5.75 Å². The SMILES string of the molecule is O=c1cnc2c(NC(CO)CO)nc(SCc3cccc(Cl)c3F)nc2[nH]1. The van der Waals surface area contributed by atoms with E-state index in [1.165, 1.54) is 6.07 Å². The van der Waals surface area contributed by atoms with Crippen LogP contribution in [0.3, 0.4) is 0 Å². The van der Waals surface area contributed by atoms with Crippen LogP contribution in [0.5, 0.6) is 0 Å². The summed E-state index contributed by atoms with van der Waals surface area (Å²) in [5.74, 6) is -0.0643. The van der Waals surface area contributed by atoms with E-state index in [0.717, 1.165) is 18.0 Å². The Balaban J connectivity index is 1.95. The predicted molar refractivity (Wildman–Crippen MR) is 101 cm³/mol. The van der Waals surface area contributed by atoms with E-state index in [4.69, 9.17) is 11.6 Å². The fourth-order valence-corrected chi connectivity index (χ4v) is 3.24. The minimum atomic E-state index is -0.667. The average Bonchev–Trinajstić information content (AvgIpc) is 2.66. The summed E-state index contributed by atoms with van der Waals surface area (Å²) in [4.78, 5) is 26.7. The standard InChI is InChI=1S/C16H15ClFN5O3S/c17-10-3-1-2-8(12(10)18)7-27-16-22-14(20-9(5-24)6-25)13-15(23-16)21-11(26)4-19-13/h1-4,9,24-25H,5-7H2,(H2,20,21,22,23,26). The molecule has 0 saturated carbocycles. The molecule has 0 atom stereocenters. The van der Waals surface area contributed by atoms with E-state index in [0.29, 0.717) is 5.56 Å². The quantitative estimate of drug-likeness (QED) is 0.341. The number of anilines is 1. The van der Waals surface area contributed by atoms with Crippen LogP contribution in [0, 0.1) is 5.82 Å². The lowest BCUT2D eigenvalue weighted by atomic mass is 10.2. The molecule has 0 bridgehead atoms. The summed E-state index contributed by atoms with van der Waals surface area (Å²) in [6.45, 7) is -0.664. The van der Waals surface area contributed by atoms with E-state index in [1.807, 2.05) is 0 Å². The molecule has 2 aromatic heterocycles. The molecule has 0 aliphatic carbocycles. The molecular weight excluding hydrogens is 397 g/mol. The van der Waals surface area contributed by atoms with E-state index < -0.39 is 17.4 Å². The van der Waals surface area contributed by atoms with Crippen LogP contribution in [-0.2, 0) is 5.75 Å². The first kappa shape index (κ1) is 19.5. The van der Waals surface area contributed by atoms with Crippen LogP contribution in [-0.4, -0.2) is 49.4 Å². The van der Waals surface area contributed by atoms with Gasteiger partial charge in [0.2, 0.25) is 0 Å². The van der Waals surface area contributed by atoms with Gasteiger partial charge in [-0.25, -0.2) is 19.3 Å². The van der Waals surface area contributed by atoms with Crippen LogP contribution in [0.2, 0.25) is 5.02 Å². The third kappa shape index (κ3) is 4.53. The monoisotopic (exact) mass is 411 g/mol. The van der Waals surface area contributed by atoms with Gasteiger partial charge in [-0.2, -0.15) is 0 Å². The molecule has 0 radical (unpaired) electrons. The summed E-state index contributed by atoms with van der Waals surface area (Å²) in [7, 11) is 0. The van der Waals surface area contributed by atoms with Crippen molar-refractivity contribution in [2.75, 3.05) is 18.5 Å². The number of H-pyrrole nitrogens is 1. The highest BCUT2D eigenvalue weighted by atomic mass is 35.5. The number of hydrogen-bond acceptors (Lipinski definition) is 8. The summed E-state index contributed by atoms with van der Waals surface area (Å²) in [5, 5.41) is 21.7. The van der Waals surface area contributed by atoms with E-state index in [2.05, 4.69) is 25.3 Å². The van der Waals surface area contributed by atoms with E-state index in [-0.39, 0.29) is 46.1 Å². The summed E-state index contributed by atoms with van der Waals surface area (Å²) >= 11 is 6.92. The number of halogens is 2. The highest BCUT2D eigenvalue weighted by Crippen LogP contribution is 2.27. The first-order valence-electron chi connectivity index (χ1n) is 7.82. The number of fused-ring (bicyclic) bond motifs is 1. The molecule has 1 aromatic carbocycles. The Morgan fingerprint density at radius 3 is 2.81 bits per heavy atom. The van der Waals surface area contributed by atoms with Crippen LogP contribution >= 0.6 is 23.4 Å². The minimum absolute atomic E-state index is 0.0251. The summed E-state index contributed by atoms with van der Waals surface area (Å²) < 4.78 is 14.0. The van der Waals surface area contributed by atoms with Crippen molar-refractivity contribution in [2.45, 2.75) is 17.0 Å². The maximum atomic E-state index is 14.0. The maximum absolute atomic E-state index is 14.0. The van der Waals surface area contributed by atoms with Crippen molar-refractivity contribution in [3.05, 3.63) is 51.2 Å². The number of nitrogens with one attached hydrogen (secondary N) is 2. The highest BCUT2D eigenvalue weighted by Gasteiger charge is 2.15. The average molecular weight is 412 g/mol. The first-order chi connectivity index (χ1) is 13.0. The zero-order valence-electron chi connectivity index (χ0n) is 13.8. The Morgan fingerprint density at radius 2 is 2.07 bits per heavy atom. The molecule has 8 nitrogen and oxygen atoms in total. The Bertz CT molecular complexity index is 1020. The number of hydrogen-bond donors (Lipinski definition) is 4. The van der Waals surface area contributed by atoms with Crippen molar-refractivity contribution in [1.29, 1.82) is 0 Å². The smallest absolute Gasteiger partial charge is 0.268 e. The molecule has 0 fully saturated rings. The van der Waals surface area contributed by atoms with Crippen molar-refractivity contribution in [2.24, 2.45) is 0 Å². The fraction of sp³-hybridized carbons (Fsp3) is 0.250. The number of nitrogens with zero attached hydrogens (tertiary/aromatic N) is 3. The van der Waals surface area contributed by atoms with Crippen molar-refractivity contribution < 1.29 is 14.6 Å². The lowest BCUT2D eigenvalue weighted by molar-refractivity contribution is 0.203. The van der Waals surface area contributed by atoms with Crippen LogP contribution in [0.4, 0.5) is 10.2 Å². The number of aromatic amines is 1. The third-order valence-corrected chi connectivity index (χ3v) is 4.77. The number of benzene rings is 1. The largest absolute Gasteiger partial charge is 0.394 e. The van der Waals surface area contributed by atoms with Crippen LogP contribution in [0.1, 0.15) is 5.56 Å². The van der Waals surface area contributed by atoms with E-state index >= 15 is 0 Å². The zero-order valence-corrected chi connectivity index (χ0v) is 15.4. The van der Waals surface area contributed by atoms with Crippen LogP contribution in [0.25, 0.3) is 11.2 Å². The van der Waals surface area contributed by atoms with Gasteiger partial charge in [-0.15, -0.1) is 0 Å². The molecule has 27 heavy (non-hydrogen) atoms. The topological polar surface area (TPSA) is 124 Å². The second-order valence-corrected chi connectivity index (χ2v) is 6.86. The van der Waals surface area contributed by atoms with Crippen molar-refractivity contribution in [1.82, 2.24) is 19.9 Å². The summed E-state index contributed by atoms with van der Waals surface area (Å²) in [6.07, 6.45) is 1.08. The summed E-state index contributed by atoms with van der Waals surface area (Å²) in [6, 6.07) is 4.04. The molecule has 2 heterocycles. The Kier molecular flexibility index (Phi) is 6.22. The molecule has 4 N–H and O–H groups in total. The molecule has 3 rings (SSSR count). The van der Waals surface area contributed by atoms with E-state index in [1.54, 1.807) is 12.1 Å². The predicted octanol–water partition coefficient (Wildman–Crippen LogP) is 1.56. The lowest BCUT2D eigenvalue weighted by Gasteiger charge is -2.15. The Labute approximate surface area is 161 Å². The number of thioether (sulfide) groups is 1. The zero-order chi connectivity index (χ0) is 19.4. The maximum Gasteiger partial charge on any atom is 0.268 e. The fourth-order valence-electron chi connectivity index (χ4n) is 2.23. The lowest BCUT2D eigenvalue weighted by Crippen LogP contribution is -2.28. The first-order valence-corrected chi connectivity index (χ1v) is 9.19. The van der Waals surface area contributed by atoms with E-state index in [9.17, 15) is 19.4 Å². The highest BCUT2D eigenvalue weighted by molar-refractivity contribution is 7.98. The number of aromatic nitrogens is 4. The molecule has 0 aliphatic rings. The van der Waals surface area contributed by atoms with Gasteiger partial charge in [-0.05, 0) is 11.6 Å². The molecule has 0 aliphatic heterocycles. The molecule has 0 unspecified atom stereocenters.